The van der Waals surface area contributed by atoms with Gasteiger partial charge in [0.15, 0.2) is 0 Å². The van der Waals surface area contributed by atoms with E-state index >= 15 is 0 Å². The summed E-state index contributed by atoms with van der Waals surface area (Å²) in [6, 6.07) is 15.9. The molecular formula is C22H20N4O4. The number of pyridine rings is 1. The Bertz CT molecular complexity index is 1140. The third kappa shape index (κ3) is 4.29. The highest BCUT2D eigenvalue weighted by Gasteiger charge is 2.15. The number of H-pyrrole nitrogens is 1. The summed E-state index contributed by atoms with van der Waals surface area (Å²) >= 11 is 0. The van der Waals surface area contributed by atoms with E-state index in [1.807, 2.05) is 18.2 Å². The zero-order valence-electron chi connectivity index (χ0n) is 15.9. The molecule has 0 aliphatic heterocycles. The van der Waals surface area contributed by atoms with Crippen molar-refractivity contribution in [2.75, 3.05) is 18.5 Å². The summed E-state index contributed by atoms with van der Waals surface area (Å²) in [5.41, 5.74) is 3.21. The van der Waals surface area contributed by atoms with Crippen LogP contribution in [0, 0.1) is 0 Å². The van der Waals surface area contributed by atoms with E-state index in [9.17, 15) is 9.90 Å². The number of nitrogens with one attached hydrogen (secondary N) is 2. The van der Waals surface area contributed by atoms with Gasteiger partial charge in [-0.2, -0.15) is 0 Å². The standard InChI is InChI=1S/C22H20N4O4/c27-12-16(28)13-30-17-8-6-15(7-9-17)24-22(29)18-4-1-5-19-20(18)26-21(25-19)14-3-2-10-23-11-14/h1-11,16,27-28H,12-13H2,(H,24,29)(H,25,26)/t16-/m1/s1. The summed E-state index contributed by atoms with van der Waals surface area (Å²) in [7, 11) is 0. The number of carbonyl (C=O) groups excluding carboxylic acids is 1. The smallest absolute Gasteiger partial charge is 0.257 e. The summed E-state index contributed by atoms with van der Waals surface area (Å²) < 4.78 is 5.36. The second-order valence-electron chi connectivity index (χ2n) is 6.65. The van der Waals surface area contributed by atoms with Crippen molar-refractivity contribution in [3.8, 4) is 17.1 Å². The van der Waals surface area contributed by atoms with Crippen LogP contribution in [0.5, 0.6) is 5.75 Å². The van der Waals surface area contributed by atoms with Crippen molar-refractivity contribution in [3.05, 3.63) is 72.6 Å². The number of carbonyl (C=O) groups is 1. The Morgan fingerprint density at radius 1 is 1.13 bits per heavy atom. The molecule has 4 rings (SSSR count). The summed E-state index contributed by atoms with van der Waals surface area (Å²) in [5, 5.41) is 21.0. The fourth-order valence-corrected chi connectivity index (χ4v) is 2.93. The number of hydrogen-bond acceptors (Lipinski definition) is 6. The molecule has 4 N–H and O–H groups in total. The van der Waals surface area contributed by atoms with E-state index in [1.165, 1.54) is 0 Å². The number of rotatable bonds is 7. The molecule has 0 saturated carbocycles. The van der Waals surface area contributed by atoms with Crippen molar-refractivity contribution in [2.45, 2.75) is 6.10 Å². The lowest BCUT2D eigenvalue weighted by Gasteiger charge is -2.11. The molecule has 0 fully saturated rings. The van der Waals surface area contributed by atoms with Crippen LogP contribution in [0.3, 0.4) is 0 Å². The summed E-state index contributed by atoms with van der Waals surface area (Å²) in [6.07, 6.45) is 2.46. The fourth-order valence-electron chi connectivity index (χ4n) is 2.93. The molecule has 30 heavy (non-hydrogen) atoms. The van der Waals surface area contributed by atoms with Crippen molar-refractivity contribution in [2.24, 2.45) is 0 Å². The van der Waals surface area contributed by atoms with E-state index < -0.39 is 6.10 Å². The highest BCUT2D eigenvalue weighted by atomic mass is 16.5. The van der Waals surface area contributed by atoms with E-state index in [4.69, 9.17) is 9.84 Å². The van der Waals surface area contributed by atoms with Gasteiger partial charge in [-0.25, -0.2) is 4.98 Å². The number of fused-ring (bicyclic) bond motifs is 1. The second-order valence-corrected chi connectivity index (χ2v) is 6.65. The van der Waals surface area contributed by atoms with Gasteiger partial charge >= 0.3 is 0 Å². The largest absolute Gasteiger partial charge is 0.491 e. The third-order valence-electron chi connectivity index (χ3n) is 4.46. The van der Waals surface area contributed by atoms with Crippen LogP contribution in [-0.2, 0) is 0 Å². The number of aromatic amines is 1. The molecule has 0 aliphatic rings. The number of imidazole rings is 1. The van der Waals surface area contributed by atoms with E-state index in [-0.39, 0.29) is 19.1 Å². The Morgan fingerprint density at radius 3 is 2.70 bits per heavy atom. The van der Waals surface area contributed by atoms with Gasteiger partial charge in [0.05, 0.1) is 17.7 Å². The molecule has 1 amide bonds. The van der Waals surface area contributed by atoms with Crippen LogP contribution in [0.2, 0.25) is 0 Å². The van der Waals surface area contributed by atoms with Crippen molar-refractivity contribution in [3.63, 3.8) is 0 Å². The lowest BCUT2D eigenvalue weighted by molar-refractivity contribution is 0.0536. The maximum atomic E-state index is 12.8. The molecule has 0 spiro atoms. The van der Waals surface area contributed by atoms with Crippen molar-refractivity contribution < 1.29 is 19.7 Å². The monoisotopic (exact) mass is 404 g/mol. The van der Waals surface area contributed by atoms with Gasteiger partial charge in [0.1, 0.15) is 29.8 Å². The lowest BCUT2D eigenvalue weighted by Crippen LogP contribution is -2.21. The minimum absolute atomic E-state index is 0.0113. The highest BCUT2D eigenvalue weighted by molar-refractivity contribution is 6.11. The first-order chi connectivity index (χ1) is 14.6. The summed E-state index contributed by atoms with van der Waals surface area (Å²) in [6.45, 7) is -0.377. The average Bonchev–Trinajstić information content (AvgIpc) is 3.23. The normalized spacial score (nSPS) is 11.9. The Hall–Kier alpha value is -3.75. The number of hydrogen-bond donors (Lipinski definition) is 4. The highest BCUT2D eigenvalue weighted by Crippen LogP contribution is 2.23. The van der Waals surface area contributed by atoms with Crippen molar-refractivity contribution in [1.29, 1.82) is 0 Å². The first-order valence-corrected chi connectivity index (χ1v) is 9.36. The zero-order valence-corrected chi connectivity index (χ0v) is 15.9. The van der Waals surface area contributed by atoms with Gasteiger partial charge < -0.3 is 25.3 Å². The van der Waals surface area contributed by atoms with Crippen molar-refractivity contribution in [1.82, 2.24) is 15.0 Å². The van der Waals surface area contributed by atoms with Gasteiger partial charge in [0.25, 0.3) is 5.91 Å². The van der Waals surface area contributed by atoms with Gasteiger partial charge in [0.2, 0.25) is 0 Å². The fraction of sp³-hybridized carbons (Fsp3) is 0.136. The molecule has 8 nitrogen and oxygen atoms in total. The van der Waals surface area contributed by atoms with Gasteiger partial charge in [-0.1, -0.05) is 6.07 Å². The first kappa shape index (κ1) is 19.6. The molecule has 0 saturated heterocycles. The minimum Gasteiger partial charge on any atom is -0.491 e. The molecule has 0 bridgehead atoms. The number of benzene rings is 2. The van der Waals surface area contributed by atoms with Gasteiger partial charge in [-0.05, 0) is 48.5 Å². The third-order valence-corrected chi connectivity index (χ3v) is 4.46. The zero-order chi connectivity index (χ0) is 20.9. The summed E-state index contributed by atoms with van der Waals surface area (Å²) in [4.78, 5) is 24.8. The van der Waals surface area contributed by atoms with E-state index in [0.717, 1.165) is 11.1 Å². The average molecular weight is 404 g/mol. The van der Waals surface area contributed by atoms with E-state index in [1.54, 1.807) is 48.8 Å². The van der Waals surface area contributed by atoms with E-state index in [0.29, 0.717) is 28.3 Å². The quantitative estimate of drug-likeness (QED) is 0.376. The molecule has 0 aliphatic carbocycles. The number of nitrogens with zero attached hydrogens (tertiary/aromatic N) is 2. The molecule has 152 valence electrons. The van der Waals surface area contributed by atoms with Crippen molar-refractivity contribution >= 4 is 22.6 Å². The minimum atomic E-state index is -0.935. The predicted molar refractivity (Wildman–Crippen MR) is 112 cm³/mol. The maximum Gasteiger partial charge on any atom is 0.257 e. The summed E-state index contributed by atoms with van der Waals surface area (Å²) in [5.74, 6) is 0.884. The van der Waals surface area contributed by atoms with Gasteiger partial charge in [0, 0.05) is 23.6 Å². The number of anilines is 1. The SMILES string of the molecule is O=C(Nc1ccc(OC[C@H](O)CO)cc1)c1cccc2[nH]c(-c3cccnc3)nc12. The van der Waals surface area contributed by atoms with Crippen LogP contribution in [0.25, 0.3) is 22.4 Å². The van der Waals surface area contributed by atoms with Crippen LogP contribution in [0.4, 0.5) is 5.69 Å². The molecule has 0 radical (unpaired) electrons. The van der Waals surface area contributed by atoms with Crippen LogP contribution < -0.4 is 10.1 Å². The lowest BCUT2D eigenvalue weighted by atomic mass is 10.1. The number of aromatic nitrogens is 3. The molecule has 2 heterocycles. The van der Waals surface area contributed by atoms with Gasteiger partial charge in [-0.15, -0.1) is 0 Å². The second kappa shape index (κ2) is 8.73. The number of aliphatic hydroxyl groups is 2. The number of ether oxygens (including phenoxy) is 1. The molecular weight excluding hydrogens is 384 g/mol. The number of amides is 1. The van der Waals surface area contributed by atoms with Gasteiger partial charge in [-0.3, -0.25) is 9.78 Å². The predicted octanol–water partition coefficient (Wildman–Crippen LogP) is 2.61. The molecule has 8 heteroatoms. The van der Waals surface area contributed by atoms with Crippen LogP contribution >= 0.6 is 0 Å². The van der Waals surface area contributed by atoms with Crippen LogP contribution in [-0.4, -0.2) is 50.4 Å². The first-order valence-electron chi connectivity index (χ1n) is 9.36. The molecule has 1 atom stereocenters. The van der Waals surface area contributed by atoms with E-state index in [2.05, 4.69) is 20.3 Å². The number of para-hydroxylation sites is 1. The molecule has 2 aromatic heterocycles. The Labute approximate surface area is 172 Å². The van der Waals surface area contributed by atoms with Crippen LogP contribution in [0.15, 0.2) is 67.0 Å². The Balaban J connectivity index is 1.51. The topological polar surface area (TPSA) is 120 Å². The maximum absolute atomic E-state index is 12.8. The molecule has 4 aromatic rings. The molecule has 0 unspecified atom stereocenters. The molecule has 2 aromatic carbocycles. The van der Waals surface area contributed by atoms with Crippen LogP contribution in [0.1, 0.15) is 10.4 Å². The Morgan fingerprint density at radius 2 is 1.97 bits per heavy atom. The Kier molecular flexibility index (Phi) is 5.69. The number of aliphatic hydroxyl groups excluding tert-OH is 2.